The molecule has 0 fully saturated rings. The molecule has 0 amide bonds. The lowest BCUT2D eigenvalue weighted by molar-refractivity contribution is 1.35. The SMILES string of the molecule is CC=NNc1c(Cl)cc(Cl)cc1Cl. The van der Waals surface area contributed by atoms with Crippen LogP contribution in [-0.4, -0.2) is 6.21 Å². The van der Waals surface area contributed by atoms with E-state index in [1.807, 2.05) is 0 Å². The zero-order chi connectivity index (χ0) is 9.84. The second kappa shape index (κ2) is 4.70. The molecular weight excluding hydrogens is 230 g/mol. The van der Waals surface area contributed by atoms with E-state index in [-0.39, 0.29) is 0 Å². The molecule has 1 rings (SSSR count). The molecule has 1 aromatic rings. The first kappa shape index (κ1) is 10.6. The van der Waals surface area contributed by atoms with Gasteiger partial charge >= 0.3 is 0 Å². The van der Waals surface area contributed by atoms with Crippen molar-refractivity contribution in [3.8, 4) is 0 Å². The van der Waals surface area contributed by atoms with Crippen molar-refractivity contribution in [2.24, 2.45) is 5.10 Å². The fourth-order valence-electron chi connectivity index (χ4n) is 0.778. The van der Waals surface area contributed by atoms with E-state index in [0.717, 1.165) is 0 Å². The molecule has 0 atom stereocenters. The van der Waals surface area contributed by atoms with Crippen LogP contribution in [0.3, 0.4) is 0 Å². The Morgan fingerprint density at radius 3 is 2.23 bits per heavy atom. The third-order valence-corrected chi connectivity index (χ3v) is 2.13. The molecule has 0 saturated carbocycles. The van der Waals surface area contributed by atoms with Gasteiger partial charge in [0.25, 0.3) is 0 Å². The van der Waals surface area contributed by atoms with Gasteiger partial charge in [0.1, 0.15) is 0 Å². The Kier molecular flexibility index (Phi) is 3.85. The Bertz CT molecular complexity index is 313. The van der Waals surface area contributed by atoms with E-state index in [2.05, 4.69) is 10.5 Å². The quantitative estimate of drug-likeness (QED) is 0.609. The molecule has 0 unspecified atom stereocenters. The number of halogens is 3. The summed E-state index contributed by atoms with van der Waals surface area (Å²) in [5.41, 5.74) is 3.27. The molecule has 0 spiro atoms. The maximum absolute atomic E-state index is 5.87. The fraction of sp³-hybridized carbons (Fsp3) is 0.125. The summed E-state index contributed by atoms with van der Waals surface area (Å²) in [4.78, 5) is 0. The van der Waals surface area contributed by atoms with E-state index < -0.39 is 0 Å². The van der Waals surface area contributed by atoms with Gasteiger partial charge in [-0.2, -0.15) is 5.10 Å². The minimum Gasteiger partial charge on any atom is -0.276 e. The van der Waals surface area contributed by atoms with E-state index in [1.165, 1.54) is 0 Å². The largest absolute Gasteiger partial charge is 0.276 e. The topological polar surface area (TPSA) is 24.4 Å². The molecule has 0 saturated heterocycles. The van der Waals surface area contributed by atoms with Crippen molar-refractivity contribution in [2.75, 3.05) is 5.43 Å². The van der Waals surface area contributed by atoms with Gasteiger partial charge in [0, 0.05) is 11.2 Å². The highest BCUT2D eigenvalue weighted by atomic mass is 35.5. The van der Waals surface area contributed by atoms with Crippen molar-refractivity contribution in [3.63, 3.8) is 0 Å². The van der Waals surface area contributed by atoms with Crippen LogP contribution in [0.2, 0.25) is 15.1 Å². The van der Waals surface area contributed by atoms with E-state index in [1.54, 1.807) is 25.3 Å². The Morgan fingerprint density at radius 1 is 1.23 bits per heavy atom. The molecule has 0 radical (unpaired) electrons. The maximum atomic E-state index is 5.87. The summed E-state index contributed by atoms with van der Waals surface area (Å²) >= 11 is 17.5. The molecule has 0 aliphatic carbocycles. The highest BCUT2D eigenvalue weighted by Gasteiger charge is 2.05. The molecule has 0 bridgehead atoms. The molecule has 70 valence electrons. The molecule has 1 N–H and O–H groups in total. The predicted octanol–water partition coefficient (Wildman–Crippen LogP) is 4.06. The van der Waals surface area contributed by atoms with Gasteiger partial charge in [0.2, 0.25) is 0 Å². The molecule has 0 heterocycles. The molecule has 1 aromatic carbocycles. The van der Waals surface area contributed by atoms with Crippen LogP contribution in [-0.2, 0) is 0 Å². The van der Waals surface area contributed by atoms with Gasteiger partial charge in [0.15, 0.2) is 0 Å². The Hall–Kier alpha value is -0.440. The lowest BCUT2D eigenvalue weighted by atomic mass is 10.3. The summed E-state index contributed by atoms with van der Waals surface area (Å²) in [7, 11) is 0. The summed E-state index contributed by atoms with van der Waals surface area (Å²) < 4.78 is 0. The number of nitrogens with one attached hydrogen (secondary N) is 1. The standard InChI is InChI=1S/C8H7Cl3N2/c1-2-12-13-8-6(10)3-5(9)4-7(8)11/h2-4,13H,1H3. The van der Waals surface area contributed by atoms with Gasteiger partial charge in [0.05, 0.1) is 15.7 Å². The van der Waals surface area contributed by atoms with Crippen LogP contribution in [0.5, 0.6) is 0 Å². The third kappa shape index (κ3) is 2.76. The van der Waals surface area contributed by atoms with Crippen molar-refractivity contribution in [1.82, 2.24) is 0 Å². The highest BCUT2D eigenvalue weighted by Crippen LogP contribution is 2.33. The van der Waals surface area contributed by atoms with Crippen molar-refractivity contribution in [3.05, 3.63) is 27.2 Å². The molecule has 0 aliphatic heterocycles. The van der Waals surface area contributed by atoms with E-state index in [4.69, 9.17) is 34.8 Å². The minimum absolute atomic E-state index is 0.447. The van der Waals surface area contributed by atoms with Gasteiger partial charge in [-0.15, -0.1) is 0 Å². The normalized spacial score (nSPS) is 10.8. The molecule has 5 heteroatoms. The smallest absolute Gasteiger partial charge is 0.0935 e. The number of hydrazone groups is 1. The molecular formula is C8H7Cl3N2. The first-order chi connectivity index (χ1) is 6.15. The van der Waals surface area contributed by atoms with Gasteiger partial charge in [-0.3, -0.25) is 5.43 Å². The first-order valence-corrected chi connectivity index (χ1v) is 4.66. The second-order valence-electron chi connectivity index (χ2n) is 2.24. The Morgan fingerprint density at radius 2 is 1.77 bits per heavy atom. The van der Waals surface area contributed by atoms with Crippen molar-refractivity contribution >= 4 is 46.7 Å². The number of rotatable bonds is 2. The average molecular weight is 238 g/mol. The number of hydrogen-bond donors (Lipinski definition) is 1. The Balaban J connectivity index is 3.05. The van der Waals surface area contributed by atoms with Crippen LogP contribution in [0.4, 0.5) is 5.69 Å². The van der Waals surface area contributed by atoms with Gasteiger partial charge < -0.3 is 0 Å². The fourth-order valence-corrected chi connectivity index (χ4v) is 1.68. The van der Waals surface area contributed by atoms with E-state index in [9.17, 15) is 0 Å². The van der Waals surface area contributed by atoms with Crippen molar-refractivity contribution < 1.29 is 0 Å². The number of hydrogen-bond acceptors (Lipinski definition) is 2. The molecule has 2 nitrogen and oxygen atoms in total. The third-order valence-electron chi connectivity index (χ3n) is 1.31. The average Bonchev–Trinajstić information content (AvgIpc) is 2.02. The van der Waals surface area contributed by atoms with Crippen LogP contribution in [0.25, 0.3) is 0 Å². The summed E-state index contributed by atoms with van der Waals surface area (Å²) in [6.07, 6.45) is 1.60. The summed E-state index contributed by atoms with van der Waals surface area (Å²) in [5.74, 6) is 0. The number of benzene rings is 1. The van der Waals surface area contributed by atoms with Gasteiger partial charge in [-0.05, 0) is 19.1 Å². The molecule has 0 aromatic heterocycles. The second-order valence-corrected chi connectivity index (χ2v) is 3.49. The van der Waals surface area contributed by atoms with Gasteiger partial charge in [-0.25, -0.2) is 0 Å². The van der Waals surface area contributed by atoms with Crippen LogP contribution >= 0.6 is 34.8 Å². The molecule has 13 heavy (non-hydrogen) atoms. The van der Waals surface area contributed by atoms with E-state index in [0.29, 0.717) is 20.8 Å². The van der Waals surface area contributed by atoms with Crippen molar-refractivity contribution in [2.45, 2.75) is 6.92 Å². The van der Waals surface area contributed by atoms with Crippen LogP contribution in [0.15, 0.2) is 17.2 Å². The summed E-state index contributed by atoms with van der Waals surface area (Å²) in [6.45, 7) is 1.78. The maximum Gasteiger partial charge on any atom is 0.0935 e. The lowest BCUT2D eigenvalue weighted by Gasteiger charge is -2.05. The van der Waals surface area contributed by atoms with Crippen LogP contribution in [0.1, 0.15) is 6.92 Å². The first-order valence-electron chi connectivity index (χ1n) is 3.53. The van der Waals surface area contributed by atoms with Crippen molar-refractivity contribution in [1.29, 1.82) is 0 Å². The monoisotopic (exact) mass is 236 g/mol. The van der Waals surface area contributed by atoms with Crippen LogP contribution < -0.4 is 5.43 Å². The molecule has 0 aliphatic rings. The zero-order valence-electron chi connectivity index (χ0n) is 6.81. The lowest BCUT2D eigenvalue weighted by Crippen LogP contribution is -1.90. The van der Waals surface area contributed by atoms with Crippen LogP contribution in [0, 0.1) is 0 Å². The van der Waals surface area contributed by atoms with Gasteiger partial charge in [-0.1, -0.05) is 34.8 Å². The van der Waals surface area contributed by atoms with E-state index >= 15 is 0 Å². The highest BCUT2D eigenvalue weighted by molar-refractivity contribution is 6.41. The number of nitrogens with zero attached hydrogens (tertiary/aromatic N) is 1. The summed E-state index contributed by atoms with van der Waals surface area (Å²) in [5, 5.41) is 5.20. The Labute approximate surface area is 91.5 Å². The summed E-state index contributed by atoms with van der Waals surface area (Å²) in [6, 6.07) is 3.20. The zero-order valence-corrected chi connectivity index (χ0v) is 9.08. The number of anilines is 1. The predicted molar refractivity (Wildman–Crippen MR) is 59.3 cm³/mol. The minimum atomic E-state index is 0.447.